The maximum absolute atomic E-state index is 4.60. The molecule has 0 N–H and O–H groups in total. The zero-order valence-corrected chi connectivity index (χ0v) is 12.1. The molecule has 100 valence electrons. The van der Waals surface area contributed by atoms with E-state index in [0.717, 1.165) is 31.0 Å². The summed E-state index contributed by atoms with van der Waals surface area (Å²) in [6, 6.07) is 14.9. The lowest BCUT2D eigenvalue weighted by Gasteiger charge is -2.29. The van der Waals surface area contributed by atoms with E-state index in [9.17, 15) is 0 Å². The Bertz CT molecular complexity index is 534. The molecule has 2 nitrogen and oxygen atoms in total. The second kappa shape index (κ2) is 6.37. The van der Waals surface area contributed by atoms with Crippen LogP contribution in [0.5, 0.6) is 0 Å². The fourth-order valence-corrected chi connectivity index (χ4v) is 2.40. The monoisotopic (exact) mass is 254 g/mol. The molecule has 1 aliphatic heterocycles. The molecule has 0 saturated carbocycles. The molecule has 3 rings (SSSR count). The standard InChI is InChI=1S/C15H16N2.C2H6/c1-12-5-4-8-15(16-12)17-10-9-13-6-2-3-7-14(13)11-17;1-2/h2-8H,9-11H2,1H3;1-2H3. The quantitative estimate of drug-likeness (QED) is 0.765. The van der Waals surface area contributed by atoms with Gasteiger partial charge >= 0.3 is 0 Å². The highest BCUT2D eigenvalue weighted by atomic mass is 15.2. The van der Waals surface area contributed by atoms with E-state index < -0.39 is 0 Å². The zero-order valence-electron chi connectivity index (χ0n) is 12.1. The number of hydrogen-bond donors (Lipinski definition) is 0. The average Bonchev–Trinajstić information content (AvgIpc) is 2.49. The van der Waals surface area contributed by atoms with E-state index in [1.165, 1.54) is 11.1 Å². The van der Waals surface area contributed by atoms with Gasteiger partial charge in [0.15, 0.2) is 0 Å². The Morgan fingerprint density at radius 3 is 2.42 bits per heavy atom. The summed E-state index contributed by atoms with van der Waals surface area (Å²) >= 11 is 0. The third-order valence-electron chi connectivity index (χ3n) is 3.33. The lowest BCUT2D eigenvalue weighted by Crippen LogP contribution is -2.30. The molecule has 0 spiro atoms. The van der Waals surface area contributed by atoms with Crippen LogP contribution in [0.2, 0.25) is 0 Å². The molecule has 0 bridgehead atoms. The smallest absolute Gasteiger partial charge is 0.129 e. The molecule has 1 aliphatic rings. The number of anilines is 1. The Morgan fingerprint density at radius 2 is 1.68 bits per heavy atom. The molecule has 1 aromatic carbocycles. The summed E-state index contributed by atoms with van der Waals surface area (Å²) < 4.78 is 0. The molecule has 0 amide bonds. The van der Waals surface area contributed by atoms with Crippen LogP contribution in [-0.4, -0.2) is 11.5 Å². The molecule has 19 heavy (non-hydrogen) atoms. The lowest BCUT2D eigenvalue weighted by molar-refractivity contribution is 0.719. The largest absolute Gasteiger partial charge is 0.352 e. The van der Waals surface area contributed by atoms with Crippen molar-refractivity contribution >= 4 is 5.82 Å². The van der Waals surface area contributed by atoms with Gasteiger partial charge in [0.25, 0.3) is 0 Å². The van der Waals surface area contributed by atoms with Crippen LogP contribution in [0.4, 0.5) is 5.82 Å². The Balaban J connectivity index is 0.000000637. The molecule has 2 heterocycles. The molecule has 0 atom stereocenters. The minimum absolute atomic E-state index is 0.979. The summed E-state index contributed by atoms with van der Waals surface area (Å²) in [5, 5.41) is 0. The maximum Gasteiger partial charge on any atom is 0.129 e. The highest BCUT2D eigenvalue weighted by Crippen LogP contribution is 2.22. The Labute approximate surface area is 116 Å². The van der Waals surface area contributed by atoms with Crippen molar-refractivity contribution < 1.29 is 0 Å². The summed E-state index contributed by atoms with van der Waals surface area (Å²) in [5.41, 5.74) is 4.00. The number of aromatic nitrogens is 1. The van der Waals surface area contributed by atoms with Crippen LogP contribution in [-0.2, 0) is 13.0 Å². The van der Waals surface area contributed by atoms with Gasteiger partial charge in [-0.3, -0.25) is 0 Å². The van der Waals surface area contributed by atoms with Gasteiger partial charge in [-0.1, -0.05) is 44.2 Å². The number of aryl methyl sites for hydroxylation is 1. The van der Waals surface area contributed by atoms with Crippen molar-refractivity contribution in [3.05, 3.63) is 59.3 Å². The van der Waals surface area contributed by atoms with Gasteiger partial charge in [0.05, 0.1) is 0 Å². The maximum atomic E-state index is 4.60. The number of nitrogens with zero attached hydrogens (tertiary/aromatic N) is 2. The van der Waals surface area contributed by atoms with E-state index in [4.69, 9.17) is 0 Å². The highest BCUT2D eigenvalue weighted by molar-refractivity contribution is 5.44. The molecule has 0 saturated heterocycles. The van der Waals surface area contributed by atoms with Crippen LogP contribution >= 0.6 is 0 Å². The van der Waals surface area contributed by atoms with E-state index in [1.807, 2.05) is 26.8 Å². The Hall–Kier alpha value is -1.83. The van der Waals surface area contributed by atoms with Crippen LogP contribution < -0.4 is 4.90 Å². The van der Waals surface area contributed by atoms with Crippen LogP contribution in [0.15, 0.2) is 42.5 Å². The topological polar surface area (TPSA) is 16.1 Å². The number of fused-ring (bicyclic) bond motifs is 1. The molecule has 0 radical (unpaired) electrons. The van der Waals surface area contributed by atoms with Gasteiger partial charge < -0.3 is 4.90 Å². The molecular weight excluding hydrogens is 232 g/mol. The van der Waals surface area contributed by atoms with Crippen LogP contribution in [0.3, 0.4) is 0 Å². The van der Waals surface area contributed by atoms with Crippen LogP contribution in [0, 0.1) is 6.92 Å². The number of hydrogen-bond acceptors (Lipinski definition) is 2. The fourth-order valence-electron chi connectivity index (χ4n) is 2.40. The molecular formula is C17H22N2. The average molecular weight is 254 g/mol. The highest BCUT2D eigenvalue weighted by Gasteiger charge is 2.16. The first-order valence-corrected chi connectivity index (χ1v) is 7.08. The Morgan fingerprint density at radius 1 is 0.947 bits per heavy atom. The van der Waals surface area contributed by atoms with Gasteiger partial charge in [-0.25, -0.2) is 4.98 Å². The Kier molecular flexibility index (Phi) is 4.56. The van der Waals surface area contributed by atoms with E-state index >= 15 is 0 Å². The predicted molar refractivity (Wildman–Crippen MR) is 81.5 cm³/mol. The van der Waals surface area contributed by atoms with Gasteiger partial charge in [0, 0.05) is 18.8 Å². The summed E-state index contributed by atoms with van der Waals surface area (Å²) in [6.45, 7) is 8.08. The van der Waals surface area contributed by atoms with Crippen molar-refractivity contribution in [1.82, 2.24) is 4.98 Å². The van der Waals surface area contributed by atoms with E-state index in [1.54, 1.807) is 0 Å². The predicted octanol–water partition coefficient (Wildman–Crippen LogP) is 3.98. The van der Waals surface area contributed by atoms with Crippen LogP contribution in [0.25, 0.3) is 0 Å². The molecule has 0 unspecified atom stereocenters. The number of rotatable bonds is 1. The second-order valence-electron chi connectivity index (χ2n) is 4.58. The summed E-state index contributed by atoms with van der Waals surface area (Å²) in [6.07, 6.45) is 1.12. The van der Waals surface area contributed by atoms with E-state index in [2.05, 4.69) is 46.3 Å². The summed E-state index contributed by atoms with van der Waals surface area (Å²) in [4.78, 5) is 6.95. The van der Waals surface area contributed by atoms with Gasteiger partial charge in [-0.2, -0.15) is 0 Å². The van der Waals surface area contributed by atoms with Crippen molar-refractivity contribution in [2.24, 2.45) is 0 Å². The lowest BCUT2D eigenvalue weighted by atomic mass is 10.00. The molecule has 0 fully saturated rings. The van der Waals surface area contributed by atoms with Gasteiger partial charge in [0.1, 0.15) is 5.82 Å². The van der Waals surface area contributed by atoms with Gasteiger partial charge in [0.2, 0.25) is 0 Å². The van der Waals surface area contributed by atoms with E-state index in [-0.39, 0.29) is 0 Å². The van der Waals surface area contributed by atoms with E-state index in [0.29, 0.717) is 0 Å². The van der Waals surface area contributed by atoms with Gasteiger partial charge in [-0.05, 0) is 36.6 Å². The van der Waals surface area contributed by atoms with Crippen LogP contribution in [0.1, 0.15) is 30.7 Å². The number of pyridine rings is 1. The van der Waals surface area contributed by atoms with Crippen molar-refractivity contribution in [3.8, 4) is 0 Å². The molecule has 1 aromatic heterocycles. The molecule has 2 aromatic rings. The SMILES string of the molecule is CC.Cc1cccc(N2CCc3ccccc3C2)n1. The van der Waals surface area contributed by atoms with Crippen molar-refractivity contribution in [3.63, 3.8) is 0 Å². The molecule has 0 aliphatic carbocycles. The zero-order chi connectivity index (χ0) is 13.7. The third-order valence-corrected chi connectivity index (χ3v) is 3.33. The molecule has 2 heteroatoms. The first-order chi connectivity index (χ1) is 9.33. The normalized spacial score (nSPS) is 13.3. The third kappa shape index (κ3) is 3.14. The first kappa shape index (κ1) is 13.6. The fraction of sp³-hybridized carbons (Fsp3) is 0.353. The van der Waals surface area contributed by atoms with Crippen molar-refractivity contribution in [1.29, 1.82) is 0 Å². The number of benzene rings is 1. The summed E-state index contributed by atoms with van der Waals surface area (Å²) in [5.74, 6) is 1.10. The first-order valence-electron chi connectivity index (χ1n) is 7.08. The minimum Gasteiger partial charge on any atom is -0.352 e. The second-order valence-corrected chi connectivity index (χ2v) is 4.58. The van der Waals surface area contributed by atoms with Gasteiger partial charge in [-0.15, -0.1) is 0 Å². The summed E-state index contributed by atoms with van der Waals surface area (Å²) in [7, 11) is 0. The van der Waals surface area contributed by atoms with Crippen molar-refractivity contribution in [2.75, 3.05) is 11.4 Å². The minimum atomic E-state index is 0.979. The van der Waals surface area contributed by atoms with Crippen molar-refractivity contribution in [2.45, 2.75) is 33.7 Å².